The van der Waals surface area contributed by atoms with E-state index in [-0.39, 0.29) is 5.56 Å². The highest BCUT2D eigenvalue weighted by Crippen LogP contribution is 2.24. The summed E-state index contributed by atoms with van der Waals surface area (Å²) in [7, 11) is 0. The monoisotopic (exact) mass is 314 g/mol. The Hall–Kier alpha value is -3.22. The van der Waals surface area contributed by atoms with E-state index in [2.05, 4.69) is 5.32 Å². The molecule has 0 radical (unpaired) electrons. The van der Waals surface area contributed by atoms with Gasteiger partial charge >= 0.3 is 5.97 Å². The second-order valence-electron chi connectivity index (χ2n) is 5.03. The Balaban J connectivity index is 2.47. The molecule has 0 fully saturated rings. The molecule has 0 saturated heterocycles. The molecule has 2 aromatic carbocycles. The first-order valence-corrected chi connectivity index (χ1v) is 6.70. The van der Waals surface area contributed by atoms with Gasteiger partial charge in [0.05, 0.1) is 10.5 Å². The zero-order valence-corrected chi connectivity index (χ0v) is 12.5. The van der Waals surface area contributed by atoms with Crippen molar-refractivity contribution >= 4 is 23.3 Å². The number of benzene rings is 2. The number of hydrogen-bond acceptors (Lipinski definition) is 4. The number of anilines is 1. The smallest absolute Gasteiger partial charge is 0.343 e. The maximum atomic E-state index is 12.4. The maximum absolute atomic E-state index is 12.4. The van der Waals surface area contributed by atoms with Gasteiger partial charge < -0.3 is 10.4 Å². The largest absolute Gasteiger partial charge is 0.477 e. The van der Waals surface area contributed by atoms with Gasteiger partial charge in [-0.3, -0.25) is 14.9 Å². The van der Waals surface area contributed by atoms with Gasteiger partial charge in [-0.1, -0.05) is 18.2 Å². The summed E-state index contributed by atoms with van der Waals surface area (Å²) in [5, 5.41) is 22.8. The molecule has 0 aliphatic heterocycles. The molecule has 0 atom stereocenters. The third-order valence-corrected chi connectivity index (χ3v) is 3.34. The number of hydrogen-bond donors (Lipinski definition) is 2. The van der Waals surface area contributed by atoms with Gasteiger partial charge in [0.1, 0.15) is 5.56 Å². The molecule has 2 N–H and O–H groups in total. The molecule has 0 unspecified atom stereocenters. The molecule has 0 aliphatic carbocycles. The van der Waals surface area contributed by atoms with E-state index in [0.717, 1.165) is 17.2 Å². The minimum Gasteiger partial charge on any atom is -0.477 e. The molecule has 1 amide bonds. The number of nitro benzene ring substituents is 1. The molecule has 0 bridgehead atoms. The van der Waals surface area contributed by atoms with E-state index in [1.807, 2.05) is 19.1 Å². The molecule has 0 aliphatic rings. The molecule has 2 aromatic rings. The van der Waals surface area contributed by atoms with E-state index in [1.54, 1.807) is 13.0 Å². The highest BCUT2D eigenvalue weighted by atomic mass is 16.6. The van der Waals surface area contributed by atoms with Gasteiger partial charge in [-0.25, -0.2) is 4.79 Å². The molecular formula is C16H14N2O5. The van der Waals surface area contributed by atoms with E-state index in [0.29, 0.717) is 5.69 Å². The Kier molecular flexibility index (Phi) is 4.40. The lowest BCUT2D eigenvalue weighted by molar-refractivity contribution is -0.385. The van der Waals surface area contributed by atoms with Gasteiger partial charge in [0.15, 0.2) is 0 Å². The number of nitrogens with zero attached hydrogens (tertiary/aromatic N) is 1. The van der Waals surface area contributed by atoms with Crippen molar-refractivity contribution in [2.75, 3.05) is 5.32 Å². The lowest BCUT2D eigenvalue weighted by atomic mass is 10.0. The van der Waals surface area contributed by atoms with Crippen LogP contribution in [0, 0.1) is 24.0 Å². The van der Waals surface area contributed by atoms with E-state index < -0.39 is 28.1 Å². The van der Waals surface area contributed by atoms with Crippen LogP contribution in [-0.2, 0) is 0 Å². The normalized spacial score (nSPS) is 10.2. The van der Waals surface area contributed by atoms with E-state index in [1.165, 1.54) is 12.1 Å². The Morgan fingerprint density at radius 2 is 1.87 bits per heavy atom. The molecule has 23 heavy (non-hydrogen) atoms. The molecule has 7 nitrogen and oxygen atoms in total. The molecule has 7 heteroatoms. The number of carboxylic acids is 1. The lowest BCUT2D eigenvalue weighted by Gasteiger charge is -2.11. The Bertz CT molecular complexity index is 814. The Morgan fingerprint density at radius 1 is 1.17 bits per heavy atom. The lowest BCUT2D eigenvalue weighted by Crippen LogP contribution is -2.18. The number of amides is 1. The summed E-state index contributed by atoms with van der Waals surface area (Å²) in [6, 6.07) is 9.01. The molecule has 0 spiro atoms. The number of aryl methyl sites for hydroxylation is 2. The van der Waals surface area contributed by atoms with Crippen molar-refractivity contribution in [2.45, 2.75) is 13.8 Å². The van der Waals surface area contributed by atoms with E-state index >= 15 is 0 Å². The standard InChI is InChI=1S/C16H14N2O5/c1-9-6-7-10(2)12(8-9)17-15(19)11-4-3-5-13(18(22)23)14(11)16(20)21/h3-8H,1-2H3,(H,17,19)(H,20,21). The van der Waals surface area contributed by atoms with Crippen LogP contribution in [0.15, 0.2) is 36.4 Å². The average molecular weight is 314 g/mol. The van der Waals surface area contributed by atoms with Gasteiger partial charge in [0.2, 0.25) is 0 Å². The maximum Gasteiger partial charge on any atom is 0.343 e. The second kappa shape index (κ2) is 6.27. The van der Waals surface area contributed by atoms with Crippen LogP contribution in [0.3, 0.4) is 0 Å². The summed E-state index contributed by atoms with van der Waals surface area (Å²) >= 11 is 0. The highest BCUT2D eigenvalue weighted by molar-refractivity contribution is 6.12. The Labute approximate surface area is 131 Å². The third-order valence-electron chi connectivity index (χ3n) is 3.34. The predicted octanol–water partition coefficient (Wildman–Crippen LogP) is 3.16. The molecule has 0 heterocycles. The molecule has 118 valence electrons. The first-order chi connectivity index (χ1) is 10.8. The van der Waals surface area contributed by atoms with E-state index in [4.69, 9.17) is 0 Å². The minimum absolute atomic E-state index is 0.257. The van der Waals surface area contributed by atoms with Crippen LogP contribution in [0.5, 0.6) is 0 Å². The molecule has 0 saturated carbocycles. The van der Waals surface area contributed by atoms with Crippen LogP contribution in [0.1, 0.15) is 31.8 Å². The van der Waals surface area contributed by atoms with Crippen molar-refractivity contribution < 1.29 is 19.6 Å². The zero-order valence-electron chi connectivity index (χ0n) is 12.5. The first-order valence-electron chi connectivity index (χ1n) is 6.70. The fraction of sp³-hybridized carbons (Fsp3) is 0.125. The third kappa shape index (κ3) is 3.34. The van der Waals surface area contributed by atoms with Crippen molar-refractivity contribution in [2.24, 2.45) is 0 Å². The molecule has 2 rings (SSSR count). The van der Waals surface area contributed by atoms with Crippen LogP contribution in [0.25, 0.3) is 0 Å². The van der Waals surface area contributed by atoms with Gasteiger partial charge in [-0.05, 0) is 37.1 Å². The predicted molar refractivity (Wildman–Crippen MR) is 83.9 cm³/mol. The second-order valence-corrected chi connectivity index (χ2v) is 5.03. The van der Waals surface area contributed by atoms with Crippen LogP contribution in [0.2, 0.25) is 0 Å². The van der Waals surface area contributed by atoms with Gasteiger partial charge in [-0.15, -0.1) is 0 Å². The van der Waals surface area contributed by atoms with Crippen LogP contribution < -0.4 is 5.32 Å². The van der Waals surface area contributed by atoms with Crippen molar-refractivity contribution in [3.05, 3.63) is 68.8 Å². The van der Waals surface area contributed by atoms with Gasteiger partial charge in [-0.2, -0.15) is 0 Å². The number of nitrogens with one attached hydrogen (secondary N) is 1. The van der Waals surface area contributed by atoms with Crippen LogP contribution in [0.4, 0.5) is 11.4 Å². The number of rotatable bonds is 4. The van der Waals surface area contributed by atoms with Crippen LogP contribution >= 0.6 is 0 Å². The number of carbonyl (C=O) groups excluding carboxylic acids is 1. The number of carboxylic acid groups (broad SMARTS) is 1. The topological polar surface area (TPSA) is 110 Å². The summed E-state index contributed by atoms with van der Waals surface area (Å²) in [6.45, 7) is 3.64. The van der Waals surface area contributed by atoms with Crippen molar-refractivity contribution in [1.29, 1.82) is 0 Å². The number of carbonyl (C=O) groups is 2. The summed E-state index contributed by atoms with van der Waals surface area (Å²) in [4.78, 5) is 33.9. The first kappa shape index (κ1) is 16.2. The van der Waals surface area contributed by atoms with Crippen molar-refractivity contribution in [3.8, 4) is 0 Å². The quantitative estimate of drug-likeness (QED) is 0.665. The summed E-state index contributed by atoms with van der Waals surface area (Å²) < 4.78 is 0. The fourth-order valence-corrected chi connectivity index (χ4v) is 2.17. The Morgan fingerprint density at radius 3 is 2.48 bits per heavy atom. The zero-order chi connectivity index (χ0) is 17.1. The summed E-state index contributed by atoms with van der Waals surface area (Å²) in [6.07, 6.45) is 0. The number of aromatic carboxylic acids is 1. The van der Waals surface area contributed by atoms with Crippen LogP contribution in [-0.4, -0.2) is 21.9 Å². The van der Waals surface area contributed by atoms with Crippen molar-refractivity contribution in [1.82, 2.24) is 0 Å². The number of nitro groups is 1. The molecule has 0 aromatic heterocycles. The fourth-order valence-electron chi connectivity index (χ4n) is 2.17. The van der Waals surface area contributed by atoms with E-state index in [9.17, 15) is 24.8 Å². The highest BCUT2D eigenvalue weighted by Gasteiger charge is 2.27. The minimum atomic E-state index is -1.52. The van der Waals surface area contributed by atoms with Gasteiger partial charge in [0, 0.05) is 11.8 Å². The summed E-state index contributed by atoms with van der Waals surface area (Å²) in [5.41, 5.74) is 0.742. The SMILES string of the molecule is Cc1ccc(C)c(NC(=O)c2cccc([N+](=O)[O-])c2C(=O)O)c1. The average Bonchev–Trinajstić information content (AvgIpc) is 2.49. The molecular weight excluding hydrogens is 300 g/mol. The van der Waals surface area contributed by atoms with Crippen molar-refractivity contribution in [3.63, 3.8) is 0 Å². The van der Waals surface area contributed by atoms with Gasteiger partial charge in [0.25, 0.3) is 11.6 Å². The summed E-state index contributed by atoms with van der Waals surface area (Å²) in [5.74, 6) is -2.23.